The summed E-state index contributed by atoms with van der Waals surface area (Å²) in [5, 5.41) is 4.06. The van der Waals surface area contributed by atoms with Gasteiger partial charge in [-0.25, -0.2) is 0 Å². The van der Waals surface area contributed by atoms with Gasteiger partial charge in [-0.2, -0.15) is 0 Å². The second-order valence-corrected chi connectivity index (χ2v) is 13.5. The van der Waals surface area contributed by atoms with Crippen molar-refractivity contribution in [2.24, 2.45) is 11.8 Å². The third-order valence-electron chi connectivity index (χ3n) is 11.1. The maximum atomic E-state index is 14.8. The fraction of sp³-hybridized carbons (Fsp3) is 0.556. The van der Waals surface area contributed by atoms with Crippen molar-refractivity contribution in [3.8, 4) is 5.75 Å². The molecule has 4 aliphatic rings. The van der Waals surface area contributed by atoms with E-state index in [0.717, 1.165) is 47.5 Å². The Hall–Kier alpha value is -4.36. The van der Waals surface area contributed by atoms with E-state index >= 15 is 0 Å². The van der Waals surface area contributed by atoms with Gasteiger partial charge < -0.3 is 38.9 Å². The molecule has 7 rings (SSSR count). The number of methoxy groups -OCH3 is 1. The van der Waals surface area contributed by atoms with Crippen LogP contribution in [0.2, 0.25) is 0 Å². The molecule has 1 unspecified atom stereocenters. The predicted molar refractivity (Wildman–Crippen MR) is 180 cm³/mol. The maximum Gasteiger partial charge on any atom is 0.289 e. The van der Waals surface area contributed by atoms with Crippen LogP contribution in [0.4, 0.5) is 0 Å². The van der Waals surface area contributed by atoms with Gasteiger partial charge in [0.15, 0.2) is 5.76 Å². The molecule has 13 nitrogen and oxygen atoms in total. The zero-order valence-electron chi connectivity index (χ0n) is 28.4. The molecule has 2 N–H and O–H groups in total. The van der Waals surface area contributed by atoms with Gasteiger partial charge in [0, 0.05) is 87.8 Å². The number of piperidine rings is 1. The van der Waals surface area contributed by atoms with Gasteiger partial charge in [-0.3, -0.25) is 24.1 Å². The topological polar surface area (TPSA) is 141 Å². The Labute approximate surface area is 285 Å². The second kappa shape index (κ2) is 13.9. The fourth-order valence-electron chi connectivity index (χ4n) is 8.48. The number of benzene rings is 1. The van der Waals surface area contributed by atoms with E-state index in [0.29, 0.717) is 65.3 Å². The summed E-state index contributed by atoms with van der Waals surface area (Å²) in [6.45, 7) is 8.28. The highest BCUT2D eigenvalue weighted by Gasteiger charge is 2.59. The van der Waals surface area contributed by atoms with Crippen molar-refractivity contribution in [3.63, 3.8) is 0 Å². The number of hydrogen-bond acceptors (Lipinski definition) is 8. The molecule has 49 heavy (non-hydrogen) atoms. The van der Waals surface area contributed by atoms with Gasteiger partial charge in [0.2, 0.25) is 17.7 Å². The first-order chi connectivity index (χ1) is 23.8. The van der Waals surface area contributed by atoms with Crippen LogP contribution in [0.1, 0.15) is 48.0 Å². The number of hydrogen-bond donors (Lipinski definition) is 2. The molecule has 0 spiro atoms. The molecule has 3 aromatic rings. The van der Waals surface area contributed by atoms with E-state index in [4.69, 9.17) is 13.9 Å². The van der Waals surface area contributed by atoms with E-state index in [2.05, 4.69) is 15.2 Å². The molecule has 0 aliphatic carbocycles. The number of fused-ring (bicyclic) bond motifs is 5. The zero-order valence-corrected chi connectivity index (χ0v) is 28.4. The molecule has 6 heterocycles. The van der Waals surface area contributed by atoms with Crippen LogP contribution in [0.15, 0.2) is 41.0 Å². The maximum absolute atomic E-state index is 14.8. The minimum absolute atomic E-state index is 0.0319. The number of furan rings is 1. The van der Waals surface area contributed by atoms with Crippen molar-refractivity contribution in [2.75, 3.05) is 79.2 Å². The van der Waals surface area contributed by atoms with Crippen LogP contribution in [-0.4, -0.2) is 127 Å². The number of aromatic nitrogens is 1. The lowest BCUT2D eigenvalue weighted by atomic mass is 9.65. The van der Waals surface area contributed by atoms with E-state index in [9.17, 15) is 19.2 Å². The average molecular weight is 675 g/mol. The summed E-state index contributed by atoms with van der Waals surface area (Å²) >= 11 is 0. The standard InChI is InChI=1S/C36H46N6O7/c1-3-36-28(34(45)40-12-14-41(15-13-40)35(46)30-5-4-18-49-30)21-24(22-31(43)37-9-11-39-16-19-48-20-17-39)33(44)42(36)10-8-26-27-23-25(47-2)6-7-29(27)38-32(26)36/h4-7,18,23-24,28,38H,3,8-17,19-22H2,1-2H3,(H,37,43)/t24?,28-,36+/m1/s1. The molecule has 0 bridgehead atoms. The molecule has 3 atom stereocenters. The lowest BCUT2D eigenvalue weighted by molar-refractivity contribution is -0.167. The molecule has 4 amide bonds. The molecule has 1 aromatic carbocycles. The lowest BCUT2D eigenvalue weighted by Crippen LogP contribution is -2.66. The number of ether oxygens (including phenoxy) is 2. The molecule has 4 aliphatic heterocycles. The number of amides is 4. The van der Waals surface area contributed by atoms with Crippen molar-refractivity contribution >= 4 is 34.5 Å². The first-order valence-corrected chi connectivity index (χ1v) is 17.5. The van der Waals surface area contributed by atoms with E-state index in [-0.39, 0.29) is 42.2 Å². The van der Waals surface area contributed by atoms with E-state index in [1.54, 1.807) is 24.1 Å². The van der Waals surface area contributed by atoms with Crippen LogP contribution < -0.4 is 10.1 Å². The Balaban J connectivity index is 1.16. The Morgan fingerprint density at radius 3 is 2.53 bits per heavy atom. The number of carbonyl (C=O) groups excluding carboxylic acids is 4. The van der Waals surface area contributed by atoms with Crippen LogP contribution in [0.5, 0.6) is 5.75 Å². The van der Waals surface area contributed by atoms with E-state index in [1.165, 1.54) is 6.26 Å². The molecular weight excluding hydrogens is 628 g/mol. The highest BCUT2D eigenvalue weighted by molar-refractivity contribution is 5.94. The Kier molecular flexibility index (Phi) is 9.38. The number of carbonyl (C=O) groups is 4. The summed E-state index contributed by atoms with van der Waals surface area (Å²) in [5.41, 5.74) is 2.03. The van der Waals surface area contributed by atoms with Gasteiger partial charge in [-0.15, -0.1) is 0 Å². The SMILES string of the molecule is CC[C@]12c3[nH]c4ccc(OC)cc4c3CCN1C(=O)C(CC(=O)NCCN1CCOCC1)C[C@@H]2C(=O)N1CCN(C(=O)c2ccco2)CC1. The fourth-order valence-corrected chi connectivity index (χ4v) is 8.48. The Bertz CT molecular complexity index is 1690. The van der Waals surface area contributed by atoms with E-state index in [1.807, 2.05) is 34.9 Å². The number of nitrogens with zero attached hydrogens (tertiary/aromatic N) is 4. The van der Waals surface area contributed by atoms with Gasteiger partial charge in [0.05, 0.1) is 38.0 Å². The minimum atomic E-state index is -0.904. The van der Waals surface area contributed by atoms with Gasteiger partial charge in [-0.05, 0) is 55.2 Å². The van der Waals surface area contributed by atoms with Gasteiger partial charge in [0.1, 0.15) is 5.75 Å². The van der Waals surface area contributed by atoms with Crippen molar-refractivity contribution in [3.05, 3.63) is 53.6 Å². The smallest absolute Gasteiger partial charge is 0.289 e. The minimum Gasteiger partial charge on any atom is -0.497 e. The Morgan fingerprint density at radius 2 is 1.82 bits per heavy atom. The summed E-state index contributed by atoms with van der Waals surface area (Å²) in [6, 6.07) is 9.25. The molecule has 3 fully saturated rings. The highest BCUT2D eigenvalue weighted by Crippen LogP contribution is 2.52. The second-order valence-electron chi connectivity index (χ2n) is 13.5. The summed E-state index contributed by atoms with van der Waals surface area (Å²) < 4.78 is 16.3. The van der Waals surface area contributed by atoms with Gasteiger partial charge >= 0.3 is 0 Å². The molecule has 13 heteroatoms. The van der Waals surface area contributed by atoms with Crippen molar-refractivity contribution < 1.29 is 33.1 Å². The number of piperazine rings is 1. The van der Waals surface area contributed by atoms with Crippen LogP contribution in [0, 0.1) is 11.8 Å². The molecule has 0 saturated carbocycles. The van der Waals surface area contributed by atoms with Gasteiger partial charge in [0.25, 0.3) is 5.91 Å². The number of rotatable bonds is 9. The number of morpholine rings is 1. The van der Waals surface area contributed by atoms with Crippen molar-refractivity contribution in [2.45, 2.75) is 38.1 Å². The van der Waals surface area contributed by atoms with Crippen LogP contribution in [0.3, 0.4) is 0 Å². The largest absolute Gasteiger partial charge is 0.497 e. The summed E-state index contributed by atoms with van der Waals surface area (Å²) in [7, 11) is 1.64. The zero-order chi connectivity index (χ0) is 34.1. The molecular formula is C36H46N6O7. The van der Waals surface area contributed by atoms with Gasteiger partial charge in [-0.1, -0.05) is 6.92 Å². The van der Waals surface area contributed by atoms with Crippen LogP contribution in [0.25, 0.3) is 10.9 Å². The summed E-state index contributed by atoms with van der Waals surface area (Å²) in [6.07, 6.45) is 2.93. The van der Waals surface area contributed by atoms with Crippen molar-refractivity contribution in [1.29, 1.82) is 0 Å². The van der Waals surface area contributed by atoms with Crippen LogP contribution in [-0.2, 0) is 31.1 Å². The van der Waals surface area contributed by atoms with Crippen molar-refractivity contribution in [1.82, 2.24) is 29.9 Å². The summed E-state index contributed by atoms with van der Waals surface area (Å²) in [4.78, 5) is 66.8. The number of nitrogens with one attached hydrogen (secondary N) is 2. The van der Waals surface area contributed by atoms with E-state index < -0.39 is 17.4 Å². The highest BCUT2D eigenvalue weighted by atomic mass is 16.5. The monoisotopic (exact) mass is 674 g/mol. The first kappa shape index (κ1) is 33.2. The first-order valence-electron chi connectivity index (χ1n) is 17.5. The third kappa shape index (κ3) is 6.07. The molecule has 3 saturated heterocycles. The number of H-pyrrole nitrogens is 1. The Morgan fingerprint density at radius 1 is 1.04 bits per heavy atom. The lowest BCUT2D eigenvalue weighted by Gasteiger charge is -2.56. The number of aromatic amines is 1. The molecule has 2 aromatic heterocycles. The summed E-state index contributed by atoms with van der Waals surface area (Å²) in [5.74, 6) is -0.675. The quantitative estimate of drug-likeness (QED) is 0.352. The normalized spacial score (nSPS) is 24.4. The average Bonchev–Trinajstić information content (AvgIpc) is 3.81. The molecule has 262 valence electrons. The third-order valence-corrected chi connectivity index (χ3v) is 11.1. The molecule has 0 radical (unpaired) electrons. The predicted octanol–water partition coefficient (Wildman–Crippen LogP) is 2.22. The van der Waals surface area contributed by atoms with Crippen LogP contribution >= 0.6 is 0 Å².